The van der Waals surface area contributed by atoms with Gasteiger partial charge in [0.2, 0.25) is 10.0 Å². The van der Waals surface area contributed by atoms with Crippen LogP contribution in [0, 0.1) is 5.92 Å². The average Bonchev–Trinajstić information content (AvgIpc) is 2.79. The molecule has 0 saturated carbocycles. The summed E-state index contributed by atoms with van der Waals surface area (Å²) in [5, 5.41) is 19.0. The number of pyridine rings is 1. The normalized spacial score (nSPS) is 22.3. The van der Waals surface area contributed by atoms with Crippen LogP contribution < -0.4 is 4.90 Å². The molecule has 22 heavy (non-hydrogen) atoms. The van der Waals surface area contributed by atoms with Gasteiger partial charge in [-0.2, -0.15) is 0 Å². The van der Waals surface area contributed by atoms with E-state index in [1.807, 2.05) is 0 Å². The van der Waals surface area contributed by atoms with Gasteiger partial charge >= 0.3 is 5.97 Å². The molecule has 1 aromatic heterocycles. The number of rotatable bonds is 5. The Bertz CT molecular complexity index is 661. The Balaban J connectivity index is 2.14. The third-order valence-electron chi connectivity index (χ3n) is 3.72. The number of nitrogens with zero attached hydrogens (tertiary/aromatic N) is 3. The number of carboxylic acids is 1. The second-order valence-corrected chi connectivity index (χ2v) is 7.73. The van der Waals surface area contributed by atoms with Crippen LogP contribution in [0.25, 0.3) is 0 Å². The van der Waals surface area contributed by atoms with Crippen molar-refractivity contribution in [2.24, 2.45) is 5.92 Å². The van der Waals surface area contributed by atoms with Crippen molar-refractivity contribution in [2.75, 3.05) is 37.8 Å². The molecule has 122 valence electrons. The van der Waals surface area contributed by atoms with E-state index in [0.29, 0.717) is 12.2 Å². The first-order valence-electron chi connectivity index (χ1n) is 6.73. The summed E-state index contributed by atoms with van der Waals surface area (Å²) in [4.78, 5) is 16.5. The van der Waals surface area contributed by atoms with Crippen LogP contribution in [0.3, 0.4) is 0 Å². The van der Waals surface area contributed by atoms with E-state index in [1.165, 1.54) is 26.4 Å². The Hall–Kier alpha value is -1.71. The zero-order valence-corrected chi connectivity index (χ0v) is 13.2. The summed E-state index contributed by atoms with van der Waals surface area (Å²) in [5.41, 5.74) is 0.521. The standard InChI is InChI=1S/C13H19N3O5S/c1-15(2)22(20,21)8-9-6-16(7-12(9)17)10-3-4-14-11(5-10)13(18)19/h3-5,9,12,17H,6-8H2,1-2H3,(H,18,19)/t9-,12-/m0/s1. The molecule has 0 aromatic carbocycles. The highest BCUT2D eigenvalue weighted by Crippen LogP contribution is 2.25. The number of anilines is 1. The first-order valence-corrected chi connectivity index (χ1v) is 8.34. The minimum Gasteiger partial charge on any atom is -0.477 e. The fraction of sp³-hybridized carbons (Fsp3) is 0.538. The number of aromatic carboxylic acids is 1. The van der Waals surface area contributed by atoms with Crippen LogP contribution in [-0.4, -0.2) is 72.9 Å². The summed E-state index contributed by atoms with van der Waals surface area (Å²) >= 11 is 0. The number of carboxylic acid groups (broad SMARTS) is 1. The summed E-state index contributed by atoms with van der Waals surface area (Å²) < 4.78 is 25.0. The molecule has 0 bridgehead atoms. The van der Waals surface area contributed by atoms with E-state index in [4.69, 9.17) is 5.11 Å². The molecule has 2 N–H and O–H groups in total. The average molecular weight is 329 g/mol. The van der Waals surface area contributed by atoms with E-state index in [9.17, 15) is 18.3 Å². The van der Waals surface area contributed by atoms with Crippen molar-refractivity contribution < 1.29 is 23.4 Å². The lowest BCUT2D eigenvalue weighted by Gasteiger charge is -2.19. The van der Waals surface area contributed by atoms with Crippen LogP contribution in [0.1, 0.15) is 10.5 Å². The van der Waals surface area contributed by atoms with Crippen LogP contribution in [0.4, 0.5) is 5.69 Å². The third kappa shape index (κ3) is 3.54. The van der Waals surface area contributed by atoms with Crippen molar-refractivity contribution in [2.45, 2.75) is 6.10 Å². The maximum Gasteiger partial charge on any atom is 0.354 e. The predicted molar refractivity (Wildman–Crippen MR) is 80.4 cm³/mol. The maximum atomic E-state index is 11.9. The molecule has 0 aliphatic carbocycles. The molecule has 1 saturated heterocycles. The van der Waals surface area contributed by atoms with Gasteiger partial charge in [-0.25, -0.2) is 22.5 Å². The largest absolute Gasteiger partial charge is 0.477 e. The number of carbonyl (C=O) groups is 1. The first-order chi connectivity index (χ1) is 10.2. The van der Waals surface area contributed by atoms with Crippen molar-refractivity contribution in [3.05, 3.63) is 24.0 Å². The van der Waals surface area contributed by atoms with E-state index < -0.39 is 28.0 Å². The van der Waals surface area contributed by atoms with Crippen molar-refractivity contribution in [3.8, 4) is 0 Å². The molecular weight excluding hydrogens is 310 g/mol. The summed E-state index contributed by atoms with van der Waals surface area (Å²) in [6.07, 6.45) is 0.603. The molecule has 0 radical (unpaired) electrons. The van der Waals surface area contributed by atoms with Crippen LogP contribution in [0.15, 0.2) is 18.3 Å². The number of hydrogen-bond donors (Lipinski definition) is 2. The highest BCUT2D eigenvalue weighted by atomic mass is 32.2. The second-order valence-electron chi connectivity index (χ2n) is 5.50. The lowest BCUT2D eigenvalue weighted by atomic mass is 10.1. The van der Waals surface area contributed by atoms with Crippen molar-refractivity contribution in [1.82, 2.24) is 9.29 Å². The minimum atomic E-state index is -3.40. The zero-order valence-electron chi connectivity index (χ0n) is 12.4. The monoisotopic (exact) mass is 329 g/mol. The summed E-state index contributed by atoms with van der Waals surface area (Å²) in [7, 11) is -0.492. The predicted octanol–water partition coefficient (Wildman–Crippen LogP) is -0.532. The molecule has 0 unspecified atom stereocenters. The van der Waals surface area contributed by atoms with E-state index in [-0.39, 0.29) is 18.0 Å². The molecule has 8 nitrogen and oxygen atoms in total. The topological polar surface area (TPSA) is 111 Å². The smallest absolute Gasteiger partial charge is 0.354 e. The second kappa shape index (κ2) is 6.19. The van der Waals surface area contributed by atoms with Gasteiger partial charge in [-0.05, 0) is 12.1 Å². The maximum absolute atomic E-state index is 11.9. The quantitative estimate of drug-likeness (QED) is 0.747. The third-order valence-corrected chi connectivity index (χ3v) is 5.68. The molecule has 1 aromatic rings. The highest BCUT2D eigenvalue weighted by molar-refractivity contribution is 7.89. The molecule has 9 heteroatoms. The van der Waals surface area contributed by atoms with Gasteiger partial charge in [-0.1, -0.05) is 0 Å². The lowest BCUT2D eigenvalue weighted by Crippen LogP contribution is -2.33. The zero-order chi connectivity index (χ0) is 16.5. The van der Waals surface area contributed by atoms with Gasteiger partial charge in [0, 0.05) is 45.0 Å². The van der Waals surface area contributed by atoms with E-state index in [2.05, 4.69) is 4.98 Å². The SMILES string of the molecule is CN(C)S(=O)(=O)C[C@@H]1CN(c2ccnc(C(=O)O)c2)C[C@@H]1O. The van der Waals surface area contributed by atoms with E-state index >= 15 is 0 Å². The first kappa shape index (κ1) is 16.7. The van der Waals surface area contributed by atoms with E-state index in [1.54, 1.807) is 11.0 Å². The van der Waals surface area contributed by atoms with Gasteiger partial charge in [0.1, 0.15) is 5.69 Å². The van der Waals surface area contributed by atoms with Crippen LogP contribution in [0.2, 0.25) is 0 Å². The Morgan fingerprint density at radius 3 is 2.73 bits per heavy atom. The number of aromatic nitrogens is 1. The summed E-state index contributed by atoms with van der Waals surface area (Å²) in [5.74, 6) is -1.70. The molecule has 2 rings (SSSR count). The minimum absolute atomic E-state index is 0.0867. The Kier molecular flexibility index (Phi) is 4.69. The Labute approximate surface area is 129 Å². The van der Waals surface area contributed by atoms with Gasteiger partial charge in [-0.3, -0.25) is 0 Å². The molecule has 1 aliphatic heterocycles. The molecule has 1 fully saturated rings. The van der Waals surface area contributed by atoms with Gasteiger partial charge in [0.25, 0.3) is 0 Å². The van der Waals surface area contributed by atoms with Crippen LogP contribution in [-0.2, 0) is 10.0 Å². The van der Waals surface area contributed by atoms with Gasteiger partial charge in [0.05, 0.1) is 11.9 Å². The van der Waals surface area contributed by atoms with Gasteiger partial charge in [-0.15, -0.1) is 0 Å². The molecule has 0 amide bonds. The van der Waals surface area contributed by atoms with Crippen molar-refractivity contribution in [1.29, 1.82) is 0 Å². The fourth-order valence-corrected chi connectivity index (χ4v) is 3.55. The van der Waals surface area contributed by atoms with Crippen LogP contribution in [0.5, 0.6) is 0 Å². The van der Waals surface area contributed by atoms with Crippen molar-refractivity contribution >= 4 is 21.7 Å². The Morgan fingerprint density at radius 2 is 2.14 bits per heavy atom. The van der Waals surface area contributed by atoms with Gasteiger partial charge in [0.15, 0.2) is 0 Å². The Morgan fingerprint density at radius 1 is 1.45 bits per heavy atom. The lowest BCUT2D eigenvalue weighted by molar-refractivity contribution is 0.0690. The fourth-order valence-electron chi connectivity index (χ4n) is 2.38. The number of aliphatic hydroxyl groups is 1. The molecule has 1 aliphatic rings. The van der Waals surface area contributed by atoms with E-state index in [0.717, 1.165) is 4.31 Å². The molecule has 0 spiro atoms. The molecule has 2 atom stereocenters. The van der Waals surface area contributed by atoms with Crippen LogP contribution >= 0.6 is 0 Å². The summed E-state index contributed by atoms with van der Waals surface area (Å²) in [6.45, 7) is 0.605. The number of hydrogen-bond acceptors (Lipinski definition) is 6. The highest BCUT2D eigenvalue weighted by Gasteiger charge is 2.35. The number of aliphatic hydroxyl groups excluding tert-OH is 1. The molecular formula is C13H19N3O5S. The van der Waals surface area contributed by atoms with Gasteiger partial charge < -0.3 is 15.1 Å². The van der Waals surface area contributed by atoms with Crippen molar-refractivity contribution in [3.63, 3.8) is 0 Å². The number of β-amino-alcohol motifs (C(OH)–C–C–N with tert-alkyl or cyclic N) is 1. The molecule has 2 heterocycles. The number of sulfonamides is 1. The summed E-state index contributed by atoms with van der Waals surface area (Å²) in [6, 6.07) is 3.06.